The molecule has 0 aromatic carbocycles. The SMILES string of the molecule is C=CC([C@H](C)C(C)C)N1CC[C@@H](O)C1. The fourth-order valence-electron chi connectivity index (χ4n) is 2.13. The first-order valence-corrected chi connectivity index (χ1v) is 5.61. The third kappa shape index (κ3) is 2.58. The molecule has 0 spiro atoms. The van der Waals surface area contributed by atoms with Crippen LogP contribution in [0.15, 0.2) is 12.7 Å². The number of hydrogen-bond donors (Lipinski definition) is 1. The summed E-state index contributed by atoms with van der Waals surface area (Å²) in [5.41, 5.74) is 0. The molecule has 0 radical (unpaired) electrons. The van der Waals surface area contributed by atoms with Crippen molar-refractivity contribution >= 4 is 0 Å². The van der Waals surface area contributed by atoms with Crippen molar-refractivity contribution in [2.45, 2.75) is 39.3 Å². The van der Waals surface area contributed by atoms with Crippen LogP contribution in [0.4, 0.5) is 0 Å². The molecule has 82 valence electrons. The van der Waals surface area contributed by atoms with Crippen LogP contribution in [-0.2, 0) is 0 Å². The lowest BCUT2D eigenvalue weighted by Crippen LogP contribution is -2.39. The number of likely N-dealkylation sites (tertiary alicyclic amines) is 1. The quantitative estimate of drug-likeness (QED) is 0.696. The summed E-state index contributed by atoms with van der Waals surface area (Å²) in [6.45, 7) is 12.5. The van der Waals surface area contributed by atoms with E-state index in [1.165, 1.54) is 0 Å². The van der Waals surface area contributed by atoms with Crippen LogP contribution in [0, 0.1) is 11.8 Å². The first kappa shape index (κ1) is 11.7. The van der Waals surface area contributed by atoms with Crippen LogP contribution in [-0.4, -0.2) is 35.2 Å². The van der Waals surface area contributed by atoms with Gasteiger partial charge in [0.2, 0.25) is 0 Å². The summed E-state index contributed by atoms with van der Waals surface area (Å²) in [6.07, 6.45) is 2.81. The van der Waals surface area contributed by atoms with Gasteiger partial charge in [0, 0.05) is 19.1 Å². The molecule has 0 aromatic heterocycles. The lowest BCUT2D eigenvalue weighted by atomic mass is 9.89. The maximum atomic E-state index is 9.49. The van der Waals surface area contributed by atoms with Crippen LogP contribution in [0.25, 0.3) is 0 Å². The Labute approximate surface area is 87.6 Å². The van der Waals surface area contributed by atoms with Crippen LogP contribution < -0.4 is 0 Å². The lowest BCUT2D eigenvalue weighted by molar-refractivity contribution is 0.144. The van der Waals surface area contributed by atoms with Crippen LogP contribution in [0.1, 0.15) is 27.2 Å². The Hall–Kier alpha value is -0.340. The van der Waals surface area contributed by atoms with E-state index in [4.69, 9.17) is 0 Å². The highest BCUT2D eigenvalue weighted by Gasteiger charge is 2.29. The summed E-state index contributed by atoms with van der Waals surface area (Å²) in [6, 6.07) is 0.423. The third-order valence-electron chi connectivity index (χ3n) is 3.45. The van der Waals surface area contributed by atoms with Crippen molar-refractivity contribution in [3.63, 3.8) is 0 Å². The molecule has 1 fully saturated rings. The zero-order valence-electron chi connectivity index (χ0n) is 9.61. The van der Waals surface area contributed by atoms with Gasteiger partial charge in [0.15, 0.2) is 0 Å². The van der Waals surface area contributed by atoms with Crippen LogP contribution >= 0.6 is 0 Å². The van der Waals surface area contributed by atoms with Gasteiger partial charge < -0.3 is 5.11 Å². The fraction of sp³-hybridized carbons (Fsp3) is 0.833. The summed E-state index contributed by atoms with van der Waals surface area (Å²) in [5.74, 6) is 1.27. The minimum atomic E-state index is -0.128. The second kappa shape index (κ2) is 4.94. The van der Waals surface area contributed by atoms with E-state index in [2.05, 4.69) is 32.3 Å². The topological polar surface area (TPSA) is 23.5 Å². The van der Waals surface area contributed by atoms with Crippen LogP contribution in [0.2, 0.25) is 0 Å². The standard InChI is InChI=1S/C12H23NO/c1-5-12(10(4)9(2)3)13-7-6-11(14)8-13/h5,9-12,14H,1,6-8H2,2-4H3/t10-,11-,12?/m1/s1. The van der Waals surface area contributed by atoms with E-state index in [0.717, 1.165) is 19.5 Å². The maximum Gasteiger partial charge on any atom is 0.0679 e. The minimum absolute atomic E-state index is 0.128. The Morgan fingerprint density at radius 3 is 2.43 bits per heavy atom. The Morgan fingerprint density at radius 1 is 1.43 bits per heavy atom. The second-order valence-corrected chi connectivity index (χ2v) is 4.77. The number of rotatable bonds is 4. The van der Waals surface area contributed by atoms with Crippen molar-refractivity contribution in [3.8, 4) is 0 Å². The van der Waals surface area contributed by atoms with Gasteiger partial charge in [0.05, 0.1) is 6.10 Å². The van der Waals surface area contributed by atoms with E-state index < -0.39 is 0 Å². The lowest BCUT2D eigenvalue weighted by Gasteiger charge is -2.32. The van der Waals surface area contributed by atoms with Gasteiger partial charge in [-0.2, -0.15) is 0 Å². The van der Waals surface area contributed by atoms with E-state index in [1.54, 1.807) is 0 Å². The normalized spacial score (nSPS) is 27.9. The summed E-state index contributed by atoms with van der Waals surface area (Å²) < 4.78 is 0. The first-order valence-electron chi connectivity index (χ1n) is 5.61. The molecule has 0 saturated carbocycles. The monoisotopic (exact) mass is 197 g/mol. The number of nitrogens with zero attached hydrogens (tertiary/aromatic N) is 1. The molecule has 1 aliphatic heterocycles. The van der Waals surface area contributed by atoms with Gasteiger partial charge in [0.25, 0.3) is 0 Å². The van der Waals surface area contributed by atoms with Gasteiger partial charge in [-0.05, 0) is 18.3 Å². The summed E-state index contributed by atoms with van der Waals surface area (Å²) in [5, 5.41) is 9.49. The fourth-order valence-corrected chi connectivity index (χ4v) is 2.13. The molecule has 2 heteroatoms. The minimum Gasteiger partial charge on any atom is -0.392 e. The summed E-state index contributed by atoms with van der Waals surface area (Å²) in [7, 11) is 0. The van der Waals surface area contributed by atoms with E-state index in [0.29, 0.717) is 17.9 Å². The van der Waals surface area contributed by atoms with Gasteiger partial charge in [-0.25, -0.2) is 0 Å². The van der Waals surface area contributed by atoms with Gasteiger partial charge in [-0.1, -0.05) is 26.8 Å². The highest BCUT2D eigenvalue weighted by molar-refractivity contribution is 4.95. The maximum absolute atomic E-state index is 9.49. The summed E-state index contributed by atoms with van der Waals surface area (Å²) in [4.78, 5) is 2.35. The van der Waals surface area contributed by atoms with Crippen molar-refractivity contribution in [1.29, 1.82) is 0 Å². The van der Waals surface area contributed by atoms with Crippen molar-refractivity contribution in [2.24, 2.45) is 11.8 Å². The Morgan fingerprint density at radius 2 is 2.07 bits per heavy atom. The number of β-amino-alcohol motifs (C(OH)–C–C–N with tert-alkyl or cyclic N) is 1. The third-order valence-corrected chi connectivity index (χ3v) is 3.45. The zero-order chi connectivity index (χ0) is 10.7. The smallest absolute Gasteiger partial charge is 0.0679 e. The number of hydrogen-bond acceptors (Lipinski definition) is 2. The molecule has 0 aliphatic carbocycles. The average molecular weight is 197 g/mol. The Balaban J connectivity index is 2.57. The highest BCUT2D eigenvalue weighted by Crippen LogP contribution is 2.23. The van der Waals surface area contributed by atoms with Gasteiger partial charge >= 0.3 is 0 Å². The molecule has 1 saturated heterocycles. The summed E-state index contributed by atoms with van der Waals surface area (Å²) >= 11 is 0. The van der Waals surface area contributed by atoms with Crippen molar-refractivity contribution in [3.05, 3.63) is 12.7 Å². The van der Waals surface area contributed by atoms with Crippen LogP contribution in [0.5, 0.6) is 0 Å². The predicted molar refractivity (Wildman–Crippen MR) is 60.2 cm³/mol. The molecule has 1 rings (SSSR count). The molecule has 1 unspecified atom stereocenters. The molecular weight excluding hydrogens is 174 g/mol. The zero-order valence-corrected chi connectivity index (χ0v) is 9.61. The molecule has 0 bridgehead atoms. The molecule has 2 nitrogen and oxygen atoms in total. The van der Waals surface area contributed by atoms with Gasteiger partial charge in [-0.15, -0.1) is 6.58 Å². The molecule has 1 aliphatic rings. The predicted octanol–water partition coefficient (Wildman–Crippen LogP) is 1.90. The number of aliphatic hydroxyl groups is 1. The largest absolute Gasteiger partial charge is 0.392 e. The molecule has 0 aromatic rings. The molecule has 3 atom stereocenters. The highest BCUT2D eigenvalue weighted by atomic mass is 16.3. The van der Waals surface area contributed by atoms with Gasteiger partial charge in [-0.3, -0.25) is 4.90 Å². The van der Waals surface area contributed by atoms with Crippen molar-refractivity contribution in [1.82, 2.24) is 4.90 Å². The Kier molecular flexibility index (Phi) is 4.14. The molecular formula is C12H23NO. The van der Waals surface area contributed by atoms with Crippen molar-refractivity contribution < 1.29 is 5.11 Å². The first-order chi connectivity index (χ1) is 6.56. The molecule has 1 heterocycles. The second-order valence-electron chi connectivity index (χ2n) is 4.77. The van der Waals surface area contributed by atoms with Crippen molar-refractivity contribution in [2.75, 3.05) is 13.1 Å². The van der Waals surface area contributed by atoms with E-state index in [1.807, 2.05) is 6.08 Å². The van der Waals surface area contributed by atoms with Crippen LogP contribution in [0.3, 0.4) is 0 Å². The number of aliphatic hydroxyl groups excluding tert-OH is 1. The molecule has 0 amide bonds. The van der Waals surface area contributed by atoms with E-state index in [9.17, 15) is 5.11 Å². The van der Waals surface area contributed by atoms with E-state index >= 15 is 0 Å². The average Bonchev–Trinajstić information content (AvgIpc) is 2.53. The van der Waals surface area contributed by atoms with Gasteiger partial charge in [0.1, 0.15) is 0 Å². The molecule has 1 N–H and O–H groups in total. The Bertz CT molecular complexity index is 191. The van der Waals surface area contributed by atoms with E-state index in [-0.39, 0.29) is 6.10 Å². The molecule has 14 heavy (non-hydrogen) atoms.